The fourth-order valence-corrected chi connectivity index (χ4v) is 3.03. The van der Waals surface area contributed by atoms with Crippen LogP contribution in [0.25, 0.3) is 15.9 Å². The summed E-state index contributed by atoms with van der Waals surface area (Å²) >= 11 is 0. The molecule has 1 amide bonds. The molecule has 1 heterocycles. The second-order valence-electron chi connectivity index (χ2n) is 7.06. The van der Waals surface area contributed by atoms with Gasteiger partial charge < -0.3 is 14.4 Å². The van der Waals surface area contributed by atoms with E-state index in [1.807, 2.05) is 4.57 Å². The smallest absolute Gasteiger partial charge is 0.229 e. The number of carbonyl (C=O) groups excluding carboxylic acids is 1. The SMILES string of the molecule is [C-]#[N+]c1cc(OC)c2nc(NC(=O)CC(C)(C)O)n(C3CCC3)c2c1. The van der Waals surface area contributed by atoms with Crippen molar-refractivity contribution in [3.05, 3.63) is 23.5 Å². The highest BCUT2D eigenvalue weighted by molar-refractivity contribution is 5.94. The van der Waals surface area contributed by atoms with E-state index >= 15 is 0 Å². The number of imidazole rings is 1. The maximum atomic E-state index is 12.3. The van der Waals surface area contributed by atoms with Crippen LogP contribution in [0.1, 0.15) is 45.6 Å². The Kier molecular flexibility index (Phi) is 4.39. The van der Waals surface area contributed by atoms with Crippen molar-refractivity contribution in [2.24, 2.45) is 0 Å². The number of aromatic nitrogens is 2. The number of hydrogen-bond donors (Lipinski definition) is 2. The lowest BCUT2D eigenvalue weighted by molar-refractivity contribution is -0.119. The Bertz CT molecular complexity index is 854. The molecule has 0 radical (unpaired) electrons. The van der Waals surface area contributed by atoms with Gasteiger partial charge in [0.05, 0.1) is 31.2 Å². The summed E-state index contributed by atoms with van der Waals surface area (Å²) in [5.41, 5.74) is 0.792. The molecule has 3 rings (SSSR count). The van der Waals surface area contributed by atoms with Crippen molar-refractivity contribution in [2.75, 3.05) is 12.4 Å². The Balaban J connectivity index is 2.08. The number of anilines is 1. The molecule has 1 aliphatic rings. The van der Waals surface area contributed by atoms with Gasteiger partial charge in [0, 0.05) is 6.04 Å². The number of methoxy groups -OCH3 is 1. The van der Waals surface area contributed by atoms with Crippen molar-refractivity contribution in [3.8, 4) is 5.75 Å². The van der Waals surface area contributed by atoms with Crippen LogP contribution in [0, 0.1) is 6.57 Å². The summed E-state index contributed by atoms with van der Waals surface area (Å²) in [7, 11) is 1.54. The Labute approximate surface area is 146 Å². The normalized spacial score (nSPS) is 14.8. The van der Waals surface area contributed by atoms with Gasteiger partial charge in [-0.2, -0.15) is 0 Å². The fraction of sp³-hybridized carbons (Fsp3) is 0.500. The quantitative estimate of drug-likeness (QED) is 0.816. The van der Waals surface area contributed by atoms with Gasteiger partial charge in [0.2, 0.25) is 11.9 Å². The molecule has 1 saturated carbocycles. The summed E-state index contributed by atoms with van der Waals surface area (Å²) in [5, 5.41) is 12.7. The molecule has 0 spiro atoms. The lowest BCUT2D eigenvalue weighted by Crippen LogP contribution is -2.29. The average Bonchev–Trinajstić information content (AvgIpc) is 2.81. The van der Waals surface area contributed by atoms with Gasteiger partial charge >= 0.3 is 0 Å². The van der Waals surface area contributed by atoms with Crippen molar-refractivity contribution in [1.82, 2.24) is 9.55 Å². The number of amides is 1. The number of benzene rings is 1. The van der Waals surface area contributed by atoms with E-state index in [9.17, 15) is 9.90 Å². The van der Waals surface area contributed by atoms with Crippen LogP contribution in [0.15, 0.2) is 12.1 Å². The van der Waals surface area contributed by atoms with Crippen LogP contribution >= 0.6 is 0 Å². The van der Waals surface area contributed by atoms with Crippen molar-refractivity contribution < 1.29 is 14.6 Å². The van der Waals surface area contributed by atoms with Gasteiger partial charge in [0.15, 0.2) is 5.69 Å². The number of nitrogens with zero attached hydrogens (tertiary/aromatic N) is 3. The van der Waals surface area contributed by atoms with Crippen molar-refractivity contribution in [3.63, 3.8) is 0 Å². The number of aliphatic hydroxyl groups is 1. The van der Waals surface area contributed by atoms with Gasteiger partial charge in [-0.3, -0.25) is 10.1 Å². The fourth-order valence-electron chi connectivity index (χ4n) is 3.03. The molecule has 2 N–H and O–H groups in total. The second-order valence-corrected chi connectivity index (χ2v) is 7.06. The number of fused-ring (bicyclic) bond motifs is 1. The lowest BCUT2D eigenvalue weighted by Gasteiger charge is -2.29. The first-order chi connectivity index (χ1) is 11.8. The van der Waals surface area contributed by atoms with Gasteiger partial charge in [0.1, 0.15) is 11.3 Å². The van der Waals surface area contributed by atoms with E-state index in [2.05, 4.69) is 15.1 Å². The molecule has 2 aromatic rings. The van der Waals surface area contributed by atoms with E-state index in [0.29, 0.717) is 22.9 Å². The zero-order valence-corrected chi connectivity index (χ0v) is 14.7. The molecule has 7 heteroatoms. The monoisotopic (exact) mass is 342 g/mol. The minimum Gasteiger partial charge on any atom is -0.496 e. The number of nitrogens with one attached hydrogen (secondary N) is 1. The molecule has 0 aliphatic heterocycles. The molecule has 7 nitrogen and oxygen atoms in total. The summed E-state index contributed by atoms with van der Waals surface area (Å²) in [4.78, 5) is 20.3. The van der Waals surface area contributed by atoms with Crippen LogP contribution in [-0.4, -0.2) is 33.3 Å². The van der Waals surface area contributed by atoms with Crippen LogP contribution in [0.4, 0.5) is 11.6 Å². The van der Waals surface area contributed by atoms with Crippen LogP contribution < -0.4 is 10.1 Å². The minimum absolute atomic E-state index is 0.0225. The predicted octanol–water partition coefficient (Wildman–Crippen LogP) is 3.42. The maximum absolute atomic E-state index is 12.3. The zero-order valence-electron chi connectivity index (χ0n) is 14.7. The van der Waals surface area contributed by atoms with Gasteiger partial charge in [-0.05, 0) is 45.2 Å². The molecule has 0 atom stereocenters. The first-order valence-corrected chi connectivity index (χ1v) is 8.32. The summed E-state index contributed by atoms with van der Waals surface area (Å²) in [6.45, 7) is 10.5. The molecule has 1 aromatic heterocycles. The van der Waals surface area contributed by atoms with E-state index in [4.69, 9.17) is 11.3 Å². The van der Waals surface area contributed by atoms with E-state index in [1.54, 1.807) is 26.0 Å². The van der Waals surface area contributed by atoms with Gasteiger partial charge in [-0.1, -0.05) is 0 Å². The van der Waals surface area contributed by atoms with Crippen LogP contribution in [-0.2, 0) is 4.79 Å². The highest BCUT2D eigenvalue weighted by Gasteiger charge is 2.28. The second kappa shape index (κ2) is 6.37. The molecule has 25 heavy (non-hydrogen) atoms. The van der Waals surface area contributed by atoms with E-state index in [-0.39, 0.29) is 18.4 Å². The molecule has 0 unspecified atom stereocenters. The molecular formula is C18H22N4O3. The van der Waals surface area contributed by atoms with Gasteiger partial charge in [-0.25, -0.2) is 9.83 Å². The zero-order chi connectivity index (χ0) is 18.2. The van der Waals surface area contributed by atoms with E-state index in [0.717, 1.165) is 24.8 Å². The lowest BCUT2D eigenvalue weighted by atomic mass is 9.92. The Morgan fingerprint density at radius 2 is 2.24 bits per heavy atom. The first kappa shape index (κ1) is 17.2. The summed E-state index contributed by atoms with van der Waals surface area (Å²) in [5.74, 6) is 0.654. The van der Waals surface area contributed by atoms with Crippen molar-refractivity contribution >= 4 is 28.6 Å². The number of carbonyl (C=O) groups is 1. The third-order valence-corrected chi connectivity index (χ3v) is 4.38. The highest BCUT2D eigenvalue weighted by Crippen LogP contribution is 2.40. The third kappa shape index (κ3) is 3.44. The van der Waals surface area contributed by atoms with Crippen LogP contribution in [0.2, 0.25) is 0 Å². The van der Waals surface area contributed by atoms with Gasteiger partial charge in [-0.15, -0.1) is 0 Å². The number of rotatable bonds is 5. The van der Waals surface area contributed by atoms with Gasteiger partial charge in [0.25, 0.3) is 0 Å². The molecule has 132 valence electrons. The van der Waals surface area contributed by atoms with Crippen molar-refractivity contribution in [2.45, 2.75) is 51.2 Å². The topological polar surface area (TPSA) is 80.7 Å². The van der Waals surface area contributed by atoms with E-state index in [1.165, 1.54) is 7.11 Å². The standard InChI is InChI=1S/C18H22N4O3/c1-18(2,24)10-15(23)20-17-21-16-13(22(17)12-6-5-7-12)8-11(19-3)9-14(16)25-4/h8-9,12,24H,5-7,10H2,1-2,4H3,(H,20,21,23). The molecule has 1 fully saturated rings. The molecular weight excluding hydrogens is 320 g/mol. The summed E-state index contributed by atoms with van der Waals surface area (Å²) < 4.78 is 7.37. The molecule has 1 aromatic carbocycles. The van der Waals surface area contributed by atoms with E-state index < -0.39 is 5.60 Å². The molecule has 0 bridgehead atoms. The van der Waals surface area contributed by atoms with Crippen molar-refractivity contribution in [1.29, 1.82) is 0 Å². The third-order valence-electron chi connectivity index (χ3n) is 4.38. The molecule has 0 saturated heterocycles. The van der Waals surface area contributed by atoms with Crippen LogP contribution in [0.3, 0.4) is 0 Å². The predicted molar refractivity (Wildman–Crippen MR) is 95.0 cm³/mol. The van der Waals surface area contributed by atoms with Crippen LogP contribution in [0.5, 0.6) is 5.75 Å². The molecule has 1 aliphatic carbocycles. The largest absolute Gasteiger partial charge is 0.496 e. The number of hydrogen-bond acceptors (Lipinski definition) is 4. The summed E-state index contributed by atoms with van der Waals surface area (Å²) in [6.07, 6.45) is 3.11. The Morgan fingerprint density at radius 1 is 1.52 bits per heavy atom. The maximum Gasteiger partial charge on any atom is 0.229 e. The summed E-state index contributed by atoms with van der Waals surface area (Å²) in [6, 6.07) is 3.67. The number of ether oxygens (including phenoxy) is 1. The first-order valence-electron chi connectivity index (χ1n) is 8.32. The Hall–Kier alpha value is -2.59. The highest BCUT2D eigenvalue weighted by atomic mass is 16.5. The minimum atomic E-state index is -1.09. The Morgan fingerprint density at radius 3 is 2.76 bits per heavy atom. The average molecular weight is 342 g/mol.